The summed E-state index contributed by atoms with van der Waals surface area (Å²) in [7, 11) is -2.74. The van der Waals surface area contributed by atoms with Crippen LogP contribution in [0.1, 0.15) is 27.7 Å². The number of pyridine rings is 1. The lowest BCUT2D eigenvalue weighted by Gasteiger charge is -2.32. The number of hydrazine groups is 1. The molecule has 0 aromatic carbocycles. The van der Waals surface area contributed by atoms with E-state index in [4.69, 9.17) is 9.31 Å². The van der Waals surface area contributed by atoms with E-state index in [-0.39, 0.29) is 4.90 Å². The van der Waals surface area contributed by atoms with Crippen molar-refractivity contribution in [2.24, 2.45) is 0 Å². The number of aromatic nitrogens is 1. The van der Waals surface area contributed by atoms with E-state index < -0.39 is 28.3 Å². The SMILES string of the molecule is CN1Nc2ncc(B3OC(C)(C)C(C)(C)O3)cc2S1(=O)=O. The van der Waals surface area contributed by atoms with Crippen LogP contribution in [0.15, 0.2) is 17.2 Å². The van der Waals surface area contributed by atoms with Crippen LogP contribution in [0.3, 0.4) is 0 Å². The van der Waals surface area contributed by atoms with E-state index in [1.807, 2.05) is 27.7 Å². The van der Waals surface area contributed by atoms with Gasteiger partial charge in [0.05, 0.1) is 11.2 Å². The Morgan fingerprint density at radius 3 is 2.38 bits per heavy atom. The number of nitrogens with zero attached hydrogens (tertiary/aromatic N) is 2. The highest BCUT2D eigenvalue weighted by atomic mass is 32.2. The van der Waals surface area contributed by atoms with Gasteiger partial charge in [-0.1, -0.05) is 0 Å². The third kappa shape index (κ3) is 2.07. The first-order valence-corrected chi connectivity index (χ1v) is 8.10. The molecule has 0 spiro atoms. The summed E-state index contributed by atoms with van der Waals surface area (Å²) in [5.74, 6) is 0.317. The Bertz CT molecular complexity index is 688. The van der Waals surface area contributed by atoms with E-state index in [1.54, 1.807) is 12.3 Å². The summed E-state index contributed by atoms with van der Waals surface area (Å²) in [6.07, 6.45) is 1.57. The van der Waals surface area contributed by atoms with Crippen LogP contribution in [0, 0.1) is 0 Å². The van der Waals surface area contributed by atoms with Crippen molar-refractivity contribution in [3.05, 3.63) is 12.3 Å². The zero-order chi connectivity index (χ0) is 15.6. The van der Waals surface area contributed by atoms with Gasteiger partial charge in [0, 0.05) is 18.7 Å². The molecule has 1 aromatic heterocycles. The molecule has 0 aliphatic carbocycles. The van der Waals surface area contributed by atoms with Gasteiger partial charge in [0.1, 0.15) is 4.90 Å². The molecule has 1 fully saturated rings. The summed E-state index contributed by atoms with van der Waals surface area (Å²) in [6.45, 7) is 7.78. The lowest BCUT2D eigenvalue weighted by molar-refractivity contribution is 0.00578. The molecular weight excluding hydrogens is 293 g/mol. The molecule has 0 saturated carbocycles. The lowest BCUT2D eigenvalue weighted by Crippen LogP contribution is -2.41. The van der Waals surface area contributed by atoms with Gasteiger partial charge in [0.25, 0.3) is 10.0 Å². The van der Waals surface area contributed by atoms with Crippen LogP contribution in [0.5, 0.6) is 0 Å². The molecule has 2 aliphatic heterocycles. The molecule has 1 aromatic rings. The fourth-order valence-corrected chi connectivity index (χ4v) is 3.33. The van der Waals surface area contributed by atoms with E-state index in [0.29, 0.717) is 11.3 Å². The van der Waals surface area contributed by atoms with Crippen LogP contribution >= 0.6 is 0 Å². The quantitative estimate of drug-likeness (QED) is 0.754. The van der Waals surface area contributed by atoms with Crippen molar-refractivity contribution in [2.75, 3.05) is 12.5 Å². The van der Waals surface area contributed by atoms with Gasteiger partial charge in [-0.15, -0.1) is 4.41 Å². The Labute approximate surface area is 124 Å². The van der Waals surface area contributed by atoms with Crippen LogP contribution in [0.2, 0.25) is 0 Å². The molecule has 0 unspecified atom stereocenters. The number of sulfonamides is 1. The number of anilines is 1. The van der Waals surface area contributed by atoms with Gasteiger partial charge in [0.15, 0.2) is 5.82 Å². The van der Waals surface area contributed by atoms with Crippen molar-refractivity contribution in [3.63, 3.8) is 0 Å². The van der Waals surface area contributed by atoms with Crippen molar-refractivity contribution >= 4 is 28.4 Å². The summed E-state index contributed by atoms with van der Waals surface area (Å²) in [5, 5.41) is 0. The molecule has 3 heterocycles. The highest BCUT2D eigenvalue weighted by molar-refractivity contribution is 7.89. The summed E-state index contributed by atoms with van der Waals surface area (Å²) < 4.78 is 37.2. The van der Waals surface area contributed by atoms with Crippen LogP contribution in [0.4, 0.5) is 5.82 Å². The van der Waals surface area contributed by atoms with Gasteiger partial charge in [-0.05, 0) is 33.8 Å². The van der Waals surface area contributed by atoms with Crippen LogP contribution in [-0.2, 0) is 19.3 Å². The summed E-state index contributed by atoms with van der Waals surface area (Å²) in [5.41, 5.74) is 2.32. The standard InChI is InChI=1S/C12H18BN3O4S/c1-11(2)12(3,4)20-13(19-11)8-6-9-10(14-7-8)15-16(5)21(9,17)18/h6-7H,1-5H3,(H,14,15). The topological polar surface area (TPSA) is 80.8 Å². The maximum atomic E-state index is 12.1. The van der Waals surface area contributed by atoms with Gasteiger partial charge in [-0.25, -0.2) is 13.4 Å². The fraction of sp³-hybridized carbons (Fsp3) is 0.583. The zero-order valence-electron chi connectivity index (χ0n) is 12.7. The van der Waals surface area contributed by atoms with Crippen LogP contribution in [0.25, 0.3) is 0 Å². The van der Waals surface area contributed by atoms with Crippen molar-refractivity contribution in [1.29, 1.82) is 0 Å². The molecule has 0 bridgehead atoms. The number of fused-ring (bicyclic) bond motifs is 1. The average molecular weight is 311 g/mol. The monoisotopic (exact) mass is 311 g/mol. The minimum atomic E-state index is -3.55. The van der Waals surface area contributed by atoms with Crippen LogP contribution < -0.4 is 10.9 Å². The predicted octanol–water partition coefficient (Wildman–Crippen LogP) is 0.342. The summed E-state index contributed by atoms with van der Waals surface area (Å²) >= 11 is 0. The Balaban J connectivity index is 1.99. The summed E-state index contributed by atoms with van der Waals surface area (Å²) in [4.78, 5) is 4.29. The van der Waals surface area contributed by atoms with Gasteiger partial charge < -0.3 is 9.31 Å². The maximum absolute atomic E-state index is 12.1. The lowest BCUT2D eigenvalue weighted by atomic mass is 9.80. The fourth-order valence-electron chi connectivity index (χ4n) is 2.21. The van der Waals surface area contributed by atoms with Crippen molar-refractivity contribution in [2.45, 2.75) is 43.8 Å². The molecular formula is C12H18BN3O4S. The second-order valence-corrected chi connectivity index (χ2v) is 8.23. The minimum absolute atomic E-state index is 0.136. The second-order valence-electron chi connectivity index (χ2n) is 6.29. The highest BCUT2D eigenvalue weighted by Crippen LogP contribution is 2.37. The molecule has 114 valence electrons. The second kappa shape index (κ2) is 4.19. The molecule has 1 N–H and O–H groups in total. The number of rotatable bonds is 1. The molecule has 0 radical (unpaired) electrons. The van der Waals surface area contributed by atoms with Gasteiger partial charge in [-0.3, -0.25) is 5.43 Å². The molecule has 0 atom stereocenters. The first kappa shape index (κ1) is 14.8. The first-order chi connectivity index (χ1) is 9.54. The molecule has 9 heteroatoms. The Hall–Kier alpha value is -1.16. The molecule has 0 amide bonds. The number of nitrogens with one attached hydrogen (secondary N) is 1. The minimum Gasteiger partial charge on any atom is -0.399 e. The van der Waals surface area contributed by atoms with Crippen molar-refractivity contribution in [1.82, 2.24) is 9.40 Å². The molecule has 1 saturated heterocycles. The number of hydrogen-bond donors (Lipinski definition) is 1. The third-order valence-electron chi connectivity index (χ3n) is 4.30. The van der Waals surface area contributed by atoms with E-state index in [9.17, 15) is 8.42 Å². The zero-order valence-corrected chi connectivity index (χ0v) is 13.5. The molecule has 2 aliphatic rings. The summed E-state index contributed by atoms with van der Waals surface area (Å²) in [6, 6.07) is 1.55. The predicted molar refractivity (Wildman–Crippen MR) is 78.5 cm³/mol. The largest absolute Gasteiger partial charge is 0.496 e. The van der Waals surface area contributed by atoms with E-state index in [1.165, 1.54) is 7.05 Å². The highest BCUT2D eigenvalue weighted by Gasteiger charge is 2.52. The Morgan fingerprint density at radius 2 is 1.81 bits per heavy atom. The third-order valence-corrected chi connectivity index (χ3v) is 5.98. The number of hydrogen-bond acceptors (Lipinski definition) is 6. The van der Waals surface area contributed by atoms with Crippen molar-refractivity contribution in [3.8, 4) is 0 Å². The first-order valence-electron chi connectivity index (χ1n) is 6.66. The van der Waals surface area contributed by atoms with Gasteiger partial charge in [0.2, 0.25) is 0 Å². The molecule has 7 nitrogen and oxygen atoms in total. The maximum Gasteiger partial charge on any atom is 0.496 e. The van der Waals surface area contributed by atoms with Crippen LogP contribution in [-0.4, -0.2) is 43.2 Å². The van der Waals surface area contributed by atoms with Gasteiger partial charge >= 0.3 is 7.12 Å². The smallest absolute Gasteiger partial charge is 0.399 e. The van der Waals surface area contributed by atoms with E-state index >= 15 is 0 Å². The molecule has 3 rings (SSSR count). The average Bonchev–Trinajstić information content (AvgIpc) is 2.71. The van der Waals surface area contributed by atoms with E-state index in [0.717, 1.165) is 4.41 Å². The van der Waals surface area contributed by atoms with Crippen molar-refractivity contribution < 1.29 is 17.7 Å². The Kier molecular flexibility index (Phi) is 2.95. The Morgan fingerprint density at radius 1 is 1.24 bits per heavy atom. The van der Waals surface area contributed by atoms with Gasteiger partial charge in [-0.2, -0.15) is 0 Å². The normalized spacial score (nSPS) is 25.7. The van der Waals surface area contributed by atoms with E-state index in [2.05, 4.69) is 10.4 Å². The molecule has 21 heavy (non-hydrogen) atoms.